The number of benzene rings is 1. The topological polar surface area (TPSA) is 92.8 Å². The van der Waals surface area contributed by atoms with Crippen molar-refractivity contribution >= 4 is 11.7 Å². The first kappa shape index (κ1) is 14.3. The van der Waals surface area contributed by atoms with Crippen LogP contribution in [0.15, 0.2) is 12.1 Å². The monoisotopic (exact) mass is 261 g/mol. The molecule has 2 unspecified atom stereocenters. The van der Waals surface area contributed by atoms with Gasteiger partial charge in [-0.25, -0.2) is 13.6 Å². The molecule has 0 aliphatic rings. The molecule has 0 bridgehead atoms. The number of nitrogens with two attached hydrogens (primary N) is 1. The molecule has 0 fully saturated rings. The third-order valence-electron chi connectivity index (χ3n) is 2.28. The summed E-state index contributed by atoms with van der Waals surface area (Å²) in [6, 6.07) is 1.80. The Morgan fingerprint density at radius 2 is 2.06 bits per heavy atom. The van der Waals surface area contributed by atoms with Gasteiger partial charge in [-0.2, -0.15) is 0 Å². The Morgan fingerprint density at radius 1 is 1.44 bits per heavy atom. The summed E-state index contributed by atoms with van der Waals surface area (Å²) < 4.78 is 31.3. The van der Waals surface area contributed by atoms with E-state index in [1.165, 1.54) is 6.92 Å². The molecule has 0 saturated carbocycles. The summed E-state index contributed by atoms with van der Waals surface area (Å²) in [6.07, 6.45) is -4.18. The van der Waals surface area contributed by atoms with Crippen LogP contribution in [0.5, 0.6) is 0 Å². The Kier molecular flexibility index (Phi) is 4.57. The van der Waals surface area contributed by atoms with E-state index in [9.17, 15) is 23.8 Å². The lowest BCUT2D eigenvalue weighted by Crippen LogP contribution is -2.31. The smallest absolute Gasteiger partial charge is 0.338 e. The standard InChI is InChI=1S/C11H13F2NO4/c1-2-18-11(17)10(16)9(15)7-5(12)3-4-6(14)8(7)13/h3-4,9-10,15-16H,2,14H2,1H3. The minimum absolute atomic E-state index is 0.0372. The van der Waals surface area contributed by atoms with Crippen molar-refractivity contribution in [1.29, 1.82) is 0 Å². The van der Waals surface area contributed by atoms with Crippen molar-refractivity contribution < 1.29 is 28.5 Å². The zero-order chi connectivity index (χ0) is 13.9. The molecular formula is C11H13F2NO4. The number of anilines is 1. The molecule has 0 aliphatic heterocycles. The quantitative estimate of drug-likeness (QED) is 0.542. The van der Waals surface area contributed by atoms with E-state index in [0.717, 1.165) is 12.1 Å². The van der Waals surface area contributed by atoms with Crippen LogP contribution < -0.4 is 5.73 Å². The molecule has 2 atom stereocenters. The third kappa shape index (κ3) is 2.74. The van der Waals surface area contributed by atoms with Crippen LogP contribution in [0.2, 0.25) is 0 Å². The summed E-state index contributed by atoms with van der Waals surface area (Å²) in [5, 5.41) is 19.0. The molecule has 0 heterocycles. The molecule has 4 N–H and O–H groups in total. The number of rotatable bonds is 4. The predicted molar refractivity (Wildman–Crippen MR) is 58.4 cm³/mol. The van der Waals surface area contributed by atoms with Gasteiger partial charge in [0.05, 0.1) is 17.9 Å². The Bertz CT molecular complexity index is 453. The molecule has 0 amide bonds. The van der Waals surface area contributed by atoms with E-state index in [-0.39, 0.29) is 6.61 Å². The molecule has 0 saturated heterocycles. The van der Waals surface area contributed by atoms with Crippen LogP contribution in [-0.2, 0) is 9.53 Å². The van der Waals surface area contributed by atoms with Crippen molar-refractivity contribution in [3.63, 3.8) is 0 Å². The largest absolute Gasteiger partial charge is 0.464 e. The van der Waals surface area contributed by atoms with Crippen LogP contribution in [0.1, 0.15) is 18.6 Å². The highest BCUT2D eigenvalue weighted by molar-refractivity contribution is 5.75. The second-order valence-electron chi connectivity index (χ2n) is 3.51. The van der Waals surface area contributed by atoms with Crippen LogP contribution in [-0.4, -0.2) is 28.9 Å². The normalized spacial score (nSPS) is 14.1. The SMILES string of the molecule is CCOC(=O)C(O)C(O)c1c(F)ccc(N)c1F. The molecule has 0 radical (unpaired) electrons. The van der Waals surface area contributed by atoms with Crippen LogP contribution in [0, 0.1) is 11.6 Å². The number of hydrogen-bond acceptors (Lipinski definition) is 5. The number of carbonyl (C=O) groups is 1. The van der Waals surface area contributed by atoms with Crippen LogP contribution in [0.4, 0.5) is 14.5 Å². The molecule has 1 aromatic carbocycles. The molecule has 7 heteroatoms. The highest BCUT2D eigenvalue weighted by Gasteiger charge is 2.31. The molecule has 0 aromatic heterocycles. The summed E-state index contributed by atoms with van der Waals surface area (Å²) in [7, 11) is 0. The van der Waals surface area contributed by atoms with Gasteiger partial charge in [0, 0.05) is 0 Å². The minimum Gasteiger partial charge on any atom is -0.464 e. The van der Waals surface area contributed by atoms with E-state index >= 15 is 0 Å². The van der Waals surface area contributed by atoms with Gasteiger partial charge in [-0.3, -0.25) is 0 Å². The predicted octanol–water partition coefficient (Wildman–Crippen LogP) is 0.504. The number of carbonyl (C=O) groups excluding carboxylic acids is 1. The van der Waals surface area contributed by atoms with Crippen molar-refractivity contribution in [2.24, 2.45) is 0 Å². The van der Waals surface area contributed by atoms with Gasteiger partial charge in [0.1, 0.15) is 11.9 Å². The van der Waals surface area contributed by atoms with Crippen molar-refractivity contribution in [2.75, 3.05) is 12.3 Å². The first-order valence-electron chi connectivity index (χ1n) is 5.16. The number of esters is 1. The van der Waals surface area contributed by atoms with Gasteiger partial charge in [-0.15, -0.1) is 0 Å². The number of aliphatic hydroxyl groups is 2. The Morgan fingerprint density at radius 3 is 2.61 bits per heavy atom. The van der Waals surface area contributed by atoms with Crippen molar-refractivity contribution in [1.82, 2.24) is 0 Å². The van der Waals surface area contributed by atoms with Gasteiger partial charge >= 0.3 is 5.97 Å². The average molecular weight is 261 g/mol. The number of halogens is 2. The van der Waals surface area contributed by atoms with Gasteiger partial charge in [0.2, 0.25) is 0 Å². The molecule has 5 nitrogen and oxygen atoms in total. The summed E-state index contributed by atoms with van der Waals surface area (Å²) >= 11 is 0. The number of hydrogen-bond donors (Lipinski definition) is 3. The molecule has 18 heavy (non-hydrogen) atoms. The van der Waals surface area contributed by atoms with E-state index in [1.54, 1.807) is 0 Å². The van der Waals surface area contributed by atoms with Crippen LogP contribution >= 0.6 is 0 Å². The first-order chi connectivity index (χ1) is 8.40. The van der Waals surface area contributed by atoms with Gasteiger partial charge in [0.25, 0.3) is 0 Å². The fraction of sp³-hybridized carbons (Fsp3) is 0.364. The Balaban J connectivity index is 3.07. The molecule has 1 rings (SSSR count). The number of aliphatic hydroxyl groups excluding tert-OH is 2. The zero-order valence-corrected chi connectivity index (χ0v) is 9.56. The lowest BCUT2D eigenvalue weighted by molar-refractivity contribution is -0.159. The van der Waals surface area contributed by atoms with Gasteiger partial charge < -0.3 is 20.7 Å². The van der Waals surface area contributed by atoms with Crippen molar-refractivity contribution in [2.45, 2.75) is 19.1 Å². The fourth-order valence-corrected chi connectivity index (χ4v) is 1.37. The van der Waals surface area contributed by atoms with Crippen molar-refractivity contribution in [3.05, 3.63) is 29.3 Å². The van der Waals surface area contributed by atoms with E-state index in [0.29, 0.717) is 0 Å². The van der Waals surface area contributed by atoms with E-state index in [4.69, 9.17) is 5.73 Å². The average Bonchev–Trinajstić information content (AvgIpc) is 2.33. The number of nitrogen functional groups attached to an aromatic ring is 1. The molecule has 1 aromatic rings. The van der Waals surface area contributed by atoms with Gasteiger partial charge in [0.15, 0.2) is 11.9 Å². The summed E-state index contributed by atoms with van der Waals surface area (Å²) in [4.78, 5) is 11.2. The minimum atomic E-state index is -2.09. The molecule has 100 valence electrons. The Hall–Kier alpha value is -1.73. The van der Waals surface area contributed by atoms with E-state index < -0.39 is 41.1 Å². The summed E-state index contributed by atoms with van der Waals surface area (Å²) in [6.45, 7) is 1.45. The first-order valence-corrected chi connectivity index (χ1v) is 5.16. The lowest BCUT2D eigenvalue weighted by Gasteiger charge is -2.18. The lowest BCUT2D eigenvalue weighted by atomic mass is 10.0. The third-order valence-corrected chi connectivity index (χ3v) is 2.28. The maximum absolute atomic E-state index is 13.5. The Labute approximate surface area is 102 Å². The molecular weight excluding hydrogens is 248 g/mol. The maximum atomic E-state index is 13.5. The maximum Gasteiger partial charge on any atom is 0.338 e. The zero-order valence-electron chi connectivity index (χ0n) is 9.56. The second-order valence-corrected chi connectivity index (χ2v) is 3.51. The van der Waals surface area contributed by atoms with E-state index in [2.05, 4.69) is 4.74 Å². The second kappa shape index (κ2) is 5.74. The highest BCUT2D eigenvalue weighted by Crippen LogP contribution is 2.27. The molecule has 0 aliphatic carbocycles. The molecule has 0 spiro atoms. The van der Waals surface area contributed by atoms with Gasteiger partial charge in [-0.1, -0.05) is 0 Å². The van der Waals surface area contributed by atoms with Crippen LogP contribution in [0.3, 0.4) is 0 Å². The fourth-order valence-electron chi connectivity index (χ4n) is 1.37. The summed E-state index contributed by atoms with van der Waals surface area (Å²) in [5.41, 5.74) is 3.95. The highest BCUT2D eigenvalue weighted by atomic mass is 19.1. The van der Waals surface area contributed by atoms with Gasteiger partial charge in [-0.05, 0) is 19.1 Å². The number of ether oxygens (including phenoxy) is 1. The van der Waals surface area contributed by atoms with Crippen molar-refractivity contribution in [3.8, 4) is 0 Å². The van der Waals surface area contributed by atoms with Crippen LogP contribution in [0.25, 0.3) is 0 Å². The van der Waals surface area contributed by atoms with E-state index in [1.807, 2.05) is 0 Å². The summed E-state index contributed by atoms with van der Waals surface area (Å²) in [5.74, 6) is -3.50.